The van der Waals surface area contributed by atoms with E-state index in [9.17, 15) is 8.78 Å². The molecule has 2 fully saturated rings. The molecular formula is C14H23F2N. The summed E-state index contributed by atoms with van der Waals surface area (Å²) >= 11 is 0. The molecule has 0 aliphatic heterocycles. The second kappa shape index (κ2) is 5.05. The fourth-order valence-corrected chi connectivity index (χ4v) is 3.18. The Hall–Kier alpha value is -0.440. The zero-order chi connectivity index (χ0) is 12.4. The highest BCUT2D eigenvalue weighted by atomic mass is 19.3. The van der Waals surface area contributed by atoms with Gasteiger partial charge in [0.15, 0.2) is 0 Å². The van der Waals surface area contributed by atoms with Crippen molar-refractivity contribution in [1.29, 1.82) is 0 Å². The first kappa shape index (κ1) is 13.0. The number of hydrogen-bond donors (Lipinski definition) is 1. The Balaban J connectivity index is 2.02. The number of rotatable bonds is 2. The summed E-state index contributed by atoms with van der Waals surface area (Å²) < 4.78 is 26.2. The molecule has 2 saturated carbocycles. The smallest absolute Gasteiger partial charge is 0.248 e. The third-order valence-corrected chi connectivity index (χ3v) is 4.39. The summed E-state index contributed by atoms with van der Waals surface area (Å²) in [5.41, 5.74) is 7.27. The molecule has 0 unspecified atom stereocenters. The largest absolute Gasteiger partial charge is 0.330 e. The van der Waals surface area contributed by atoms with Gasteiger partial charge < -0.3 is 5.73 Å². The van der Waals surface area contributed by atoms with Gasteiger partial charge in [0.2, 0.25) is 5.92 Å². The Morgan fingerprint density at radius 3 is 2.12 bits per heavy atom. The van der Waals surface area contributed by atoms with Crippen molar-refractivity contribution in [3.05, 3.63) is 11.6 Å². The van der Waals surface area contributed by atoms with Crippen molar-refractivity contribution in [1.82, 2.24) is 0 Å². The number of allylic oxidation sites excluding steroid dienone is 1. The molecular weight excluding hydrogens is 220 g/mol. The van der Waals surface area contributed by atoms with Crippen LogP contribution in [0.2, 0.25) is 0 Å². The highest BCUT2D eigenvalue weighted by Gasteiger charge is 2.34. The van der Waals surface area contributed by atoms with Gasteiger partial charge in [-0.1, -0.05) is 30.9 Å². The van der Waals surface area contributed by atoms with Gasteiger partial charge in [-0.2, -0.15) is 0 Å². The maximum Gasteiger partial charge on any atom is 0.248 e. The van der Waals surface area contributed by atoms with Crippen molar-refractivity contribution < 1.29 is 8.78 Å². The van der Waals surface area contributed by atoms with Crippen molar-refractivity contribution in [3.63, 3.8) is 0 Å². The van der Waals surface area contributed by atoms with Crippen LogP contribution in [0.4, 0.5) is 8.78 Å². The zero-order valence-corrected chi connectivity index (χ0v) is 10.5. The Kier molecular flexibility index (Phi) is 3.86. The Morgan fingerprint density at radius 2 is 1.59 bits per heavy atom. The average molecular weight is 243 g/mol. The van der Waals surface area contributed by atoms with Crippen LogP contribution in [0.25, 0.3) is 0 Å². The summed E-state index contributed by atoms with van der Waals surface area (Å²) in [5.74, 6) is -2.43. The second-order valence-electron chi connectivity index (χ2n) is 5.79. The number of nitrogens with two attached hydrogens (primary N) is 1. The number of hydrogen-bond acceptors (Lipinski definition) is 1. The van der Waals surface area contributed by atoms with Gasteiger partial charge in [-0.25, -0.2) is 8.78 Å². The van der Waals surface area contributed by atoms with Gasteiger partial charge in [0.05, 0.1) is 0 Å². The van der Waals surface area contributed by atoms with Crippen LogP contribution in [-0.2, 0) is 0 Å². The van der Waals surface area contributed by atoms with E-state index in [2.05, 4.69) is 6.08 Å². The minimum Gasteiger partial charge on any atom is -0.330 e. The van der Waals surface area contributed by atoms with Crippen LogP contribution in [0.1, 0.15) is 57.8 Å². The quantitative estimate of drug-likeness (QED) is 0.728. The Bertz CT molecular complexity index is 279. The first-order valence-corrected chi connectivity index (χ1v) is 6.84. The molecule has 2 rings (SSSR count). The van der Waals surface area contributed by atoms with Crippen molar-refractivity contribution in [3.8, 4) is 0 Å². The van der Waals surface area contributed by atoms with E-state index in [0.29, 0.717) is 19.4 Å². The molecule has 0 atom stereocenters. The molecule has 0 aromatic rings. The maximum atomic E-state index is 13.1. The van der Waals surface area contributed by atoms with Gasteiger partial charge in [0, 0.05) is 24.8 Å². The molecule has 3 heteroatoms. The van der Waals surface area contributed by atoms with Gasteiger partial charge in [-0.05, 0) is 25.7 Å². The Morgan fingerprint density at radius 1 is 1.00 bits per heavy atom. The summed E-state index contributed by atoms with van der Waals surface area (Å²) in [6.07, 6.45) is 9.49. The van der Waals surface area contributed by atoms with Crippen LogP contribution < -0.4 is 5.73 Å². The SMILES string of the molecule is NCC1(C=C2CCC(F)(F)CC2)CCCCC1. The molecule has 0 saturated heterocycles. The van der Waals surface area contributed by atoms with Crippen LogP contribution in [0.3, 0.4) is 0 Å². The Labute approximate surface area is 102 Å². The summed E-state index contributed by atoms with van der Waals surface area (Å²) in [6, 6.07) is 0. The lowest BCUT2D eigenvalue weighted by atomic mass is 9.72. The van der Waals surface area contributed by atoms with Crippen LogP contribution >= 0.6 is 0 Å². The monoisotopic (exact) mass is 243 g/mol. The van der Waals surface area contributed by atoms with E-state index in [1.807, 2.05) is 0 Å². The highest BCUT2D eigenvalue weighted by Crippen LogP contribution is 2.42. The molecule has 17 heavy (non-hydrogen) atoms. The third-order valence-electron chi connectivity index (χ3n) is 4.39. The zero-order valence-electron chi connectivity index (χ0n) is 10.5. The molecule has 1 nitrogen and oxygen atoms in total. The van der Waals surface area contributed by atoms with E-state index in [-0.39, 0.29) is 18.3 Å². The van der Waals surface area contributed by atoms with Crippen LogP contribution in [0, 0.1) is 5.41 Å². The highest BCUT2D eigenvalue weighted by molar-refractivity contribution is 5.14. The molecule has 0 heterocycles. The normalized spacial score (nSPS) is 27.8. The first-order chi connectivity index (χ1) is 8.05. The van der Waals surface area contributed by atoms with Crippen LogP contribution in [-0.4, -0.2) is 12.5 Å². The minimum absolute atomic E-state index is 0.0273. The van der Waals surface area contributed by atoms with E-state index in [1.165, 1.54) is 24.8 Å². The number of halogens is 2. The lowest BCUT2D eigenvalue weighted by molar-refractivity contribution is -0.0249. The molecule has 0 radical (unpaired) electrons. The molecule has 2 N–H and O–H groups in total. The molecule has 2 aliphatic carbocycles. The van der Waals surface area contributed by atoms with E-state index >= 15 is 0 Å². The second-order valence-corrected chi connectivity index (χ2v) is 5.79. The summed E-state index contributed by atoms with van der Waals surface area (Å²) in [4.78, 5) is 0. The third kappa shape index (κ3) is 3.27. The van der Waals surface area contributed by atoms with Crippen LogP contribution in [0.15, 0.2) is 11.6 Å². The molecule has 0 aromatic carbocycles. The predicted molar refractivity (Wildman–Crippen MR) is 66.1 cm³/mol. The lowest BCUT2D eigenvalue weighted by Gasteiger charge is -2.35. The molecule has 0 aromatic heterocycles. The van der Waals surface area contributed by atoms with Gasteiger partial charge in [-0.3, -0.25) is 0 Å². The molecule has 0 amide bonds. The number of alkyl halides is 2. The fourth-order valence-electron chi connectivity index (χ4n) is 3.18. The van der Waals surface area contributed by atoms with Crippen LogP contribution in [0.5, 0.6) is 0 Å². The fraction of sp³-hybridized carbons (Fsp3) is 0.857. The standard InChI is InChI=1S/C14H23F2N/c15-14(16)8-4-12(5-9-14)10-13(11-17)6-2-1-3-7-13/h10H,1-9,11,17H2. The van der Waals surface area contributed by atoms with E-state index < -0.39 is 5.92 Å². The van der Waals surface area contributed by atoms with E-state index in [4.69, 9.17) is 5.73 Å². The van der Waals surface area contributed by atoms with Gasteiger partial charge in [-0.15, -0.1) is 0 Å². The molecule has 98 valence electrons. The van der Waals surface area contributed by atoms with Gasteiger partial charge >= 0.3 is 0 Å². The molecule has 0 spiro atoms. The lowest BCUT2D eigenvalue weighted by Crippen LogP contribution is -2.32. The minimum atomic E-state index is -2.43. The molecule has 2 aliphatic rings. The molecule has 0 bridgehead atoms. The average Bonchev–Trinajstić information content (AvgIpc) is 2.33. The van der Waals surface area contributed by atoms with Crippen molar-refractivity contribution in [2.75, 3.05) is 6.54 Å². The van der Waals surface area contributed by atoms with Crippen molar-refractivity contribution in [2.24, 2.45) is 11.1 Å². The maximum absolute atomic E-state index is 13.1. The van der Waals surface area contributed by atoms with Crippen molar-refractivity contribution in [2.45, 2.75) is 63.7 Å². The summed E-state index contributed by atoms with van der Waals surface area (Å²) in [5, 5.41) is 0. The topological polar surface area (TPSA) is 26.0 Å². The van der Waals surface area contributed by atoms with Gasteiger partial charge in [0.1, 0.15) is 0 Å². The van der Waals surface area contributed by atoms with E-state index in [1.54, 1.807) is 0 Å². The predicted octanol–water partition coefficient (Wildman–Crippen LogP) is 4.03. The van der Waals surface area contributed by atoms with Crippen molar-refractivity contribution >= 4 is 0 Å². The van der Waals surface area contributed by atoms with E-state index in [0.717, 1.165) is 12.8 Å². The summed E-state index contributed by atoms with van der Waals surface area (Å²) in [7, 11) is 0. The first-order valence-electron chi connectivity index (χ1n) is 6.84. The summed E-state index contributed by atoms with van der Waals surface area (Å²) in [6.45, 7) is 0.674. The van der Waals surface area contributed by atoms with Gasteiger partial charge in [0.25, 0.3) is 0 Å².